The lowest BCUT2D eigenvalue weighted by Gasteiger charge is -2.34. The van der Waals surface area contributed by atoms with Crippen molar-refractivity contribution in [1.29, 1.82) is 0 Å². The zero-order chi connectivity index (χ0) is 17.6. The van der Waals surface area contributed by atoms with Gasteiger partial charge in [0.1, 0.15) is 0 Å². The third-order valence-electron chi connectivity index (χ3n) is 4.39. The summed E-state index contributed by atoms with van der Waals surface area (Å²) >= 11 is 9.53. The highest BCUT2D eigenvalue weighted by Gasteiger charge is 2.21. The van der Waals surface area contributed by atoms with Crippen LogP contribution in [0.4, 0.5) is 10.5 Å². The highest BCUT2D eigenvalue weighted by molar-refractivity contribution is 9.10. The van der Waals surface area contributed by atoms with Crippen molar-refractivity contribution < 1.29 is 4.79 Å². The molecule has 25 heavy (non-hydrogen) atoms. The van der Waals surface area contributed by atoms with Crippen molar-refractivity contribution in [3.8, 4) is 0 Å². The molecule has 3 rings (SSSR count). The van der Waals surface area contributed by atoms with E-state index in [1.165, 1.54) is 5.56 Å². The van der Waals surface area contributed by atoms with Crippen LogP contribution < -0.4 is 5.32 Å². The fraction of sp³-hybridized carbons (Fsp3) is 0.316. The van der Waals surface area contributed by atoms with E-state index in [2.05, 4.69) is 50.4 Å². The molecule has 1 aliphatic rings. The lowest BCUT2D eigenvalue weighted by atomic mass is 10.1. The van der Waals surface area contributed by atoms with Crippen molar-refractivity contribution in [3.05, 3.63) is 63.6 Å². The van der Waals surface area contributed by atoms with Gasteiger partial charge in [-0.1, -0.05) is 57.9 Å². The van der Waals surface area contributed by atoms with Gasteiger partial charge in [0.15, 0.2) is 0 Å². The molecule has 1 heterocycles. The largest absolute Gasteiger partial charge is 0.322 e. The molecule has 1 aliphatic heterocycles. The summed E-state index contributed by atoms with van der Waals surface area (Å²) in [5, 5.41) is 3.43. The second-order valence-corrected chi connectivity index (χ2v) is 7.44. The molecule has 132 valence electrons. The molecule has 0 spiro atoms. The molecule has 0 unspecified atom stereocenters. The first kappa shape index (κ1) is 18.2. The Balaban J connectivity index is 1.46. The highest BCUT2D eigenvalue weighted by atomic mass is 79.9. The monoisotopic (exact) mass is 421 g/mol. The van der Waals surface area contributed by atoms with E-state index in [4.69, 9.17) is 11.6 Å². The van der Waals surface area contributed by atoms with Gasteiger partial charge in [0.05, 0.1) is 10.7 Å². The maximum absolute atomic E-state index is 12.4. The highest BCUT2D eigenvalue weighted by Crippen LogP contribution is 2.26. The third-order valence-corrected chi connectivity index (χ3v) is 5.20. The van der Waals surface area contributed by atoms with Crippen molar-refractivity contribution in [3.63, 3.8) is 0 Å². The summed E-state index contributed by atoms with van der Waals surface area (Å²) in [4.78, 5) is 16.7. The van der Waals surface area contributed by atoms with Gasteiger partial charge in [0.2, 0.25) is 0 Å². The minimum absolute atomic E-state index is 0.0908. The molecule has 4 nitrogen and oxygen atoms in total. The number of carbonyl (C=O) groups excluding carboxylic acids is 1. The van der Waals surface area contributed by atoms with Gasteiger partial charge in [0.25, 0.3) is 0 Å². The molecule has 1 saturated heterocycles. The zero-order valence-corrected chi connectivity index (χ0v) is 16.3. The lowest BCUT2D eigenvalue weighted by Crippen LogP contribution is -2.50. The second kappa shape index (κ2) is 8.70. The SMILES string of the molecule is O=C(Nc1ccc(Br)cc1Cl)N1CCN(CCc2ccccc2)CC1. The number of urea groups is 1. The molecule has 2 aromatic rings. The summed E-state index contributed by atoms with van der Waals surface area (Å²) in [6.07, 6.45) is 1.04. The quantitative estimate of drug-likeness (QED) is 0.788. The number of nitrogens with one attached hydrogen (secondary N) is 1. The molecule has 2 aromatic carbocycles. The van der Waals surface area contributed by atoms with Crippen LogP contribution in [-0.2, 0) is 6.42 Å². The molecule has 0 aliphatic carbocycles. The van der Waals surface area contributed by atoms with E-state index in [1.54, 1.807) is 12.1 Å². The predicted octanol–water partition coefficient (Wildman–Crippen LogP) is 4.49. The molecular formula is C19H21BrClN3O. The van der Waals surface area contributed by atoms with Gasteiger partial charge >= 0.3 is 6.03 Å². The predicted molar refractivity (Wildman–Crippen MR) is 106 cm³/mol. The van der Waals surface area contributed by atoms with E-state index in [0.717, 1.165) is 43.6 Å². The van der Waals surface area contributed by atoms with Gasteiger partial charge in [-0.05, 0) is 30.2 Å². The van der Waals surface area contributed by atoms with Crippen LogP contribution in [0, 0.1) is 0 Å². The van der Waals surface area contributed by atoms with Gasteiger partial charge in [-0.3, -0.25) is 4.90 Å². The van der Waals surface area contributed by atoms with Crippen LogP contribution in [0.15, 0.2) is 53.0 Å². The number of hydrogen-bond donors (Lipinski definition) is 1. The summed E-state index contributed by atoms with van der Waals surface area (Å²) in [5.74, 6) is 0. The first-order valence-corrected chi connectivity index (χ1v) is 9.56. The maximum Gasteiger partial charge on any atom is 0.321 e. The number of piperazine rings is 1. The number of hydrogen-bond acceptors (Lipinski definition) is 2. The Morgan fingerprint density at radius 3 is 2.48 bits per heavy atom. The molecule has 1 fully saturated rings. The topological polar surface area (TPSA) is 35.6 Å². The Kier molecular flexibility index (Phi) is 6.34. The summed E-state index contributed by atoms with van der Waals surface area (Å²) in [6, 6.07) is 15.9. The first-order valence-electron chi connectivity index (χ1n) is 8.39. The fourth-order valence-corrected chi connectivity index (χ4v) is 3.61. The third kappa shape index (κ3) is 5.21. The van der Waals surface area contributed by atoms with E-state index in [0.29, 0.717) is 10.7 Å². The van der Waals surface area contributed by atoms with E-state index in [-0.39, 0.29) is 6.03 Å². The van der Waals surface area contributed by atoms with E-state index >= 15 is 0 Å². The van der Waals surface area contributed by atoms with Crippen LogP contribution in [0.25, 0.3) is 0 Å². The van der Waals surface area contributed by atoms with Crippen molar-refractivity contribution in [2.24, 2.45) is 0 Å². The van der Waals surface area contributed by atoms with Crippen LogP contribution in [0.5, 0.6) is 0 Å². The molecule has 2 amide bonds. The van der Waals surface area contributed by atoms with Gasteiger partial charge in [-0.25, -0.2) is 4.79 Å². The molecule has 1 N–H and O–H groups in total. The minimum atomic E-state index is -0.0908. The Hall–Kier alpha value is -1.56. The summed E-state index contributed by atoms with van der Waals surface area (Å²) < 4.78 is 0.891. The standard InChI is InChI=1S/C19H21BrClN3O/c20-16-6-7-18(17(21)14-16)22-19(25)24-12-10-23(11-13-24)9-8-15-4-2-1-3-5-15/h1-7,14H,8-13H2,(H,22,25). The number of anilines is 1. The van der Waals surface area contributed by atoms with Gasteiger partial charge < -0.3 is 10.2 Å². The Morgan fingerprint density at radius 2 is 1.80 bits per heavy atom. The molecular weight excluding hydrogens is 402 g/mol. The number of amides is 2. The van der Waals surface area contributed by atoms with Crippen LogP contribution in [0.3, 0.4) is 0 Å². The first-order chi connectivity index (χ1) is 12.1. The molecule has 0 bridgehead atoms. The average molecular weight is 423 g/mol. The van der Waals surface area contributed by atoms with Gasteiger partial charge in [-0.2, -0.15) is 0 Å². The Bertz CT molecular complexity index is 718. The number of rotatable bonds is 4. The van der Waals surface area contributed by atoms with Crippen molar-refractivity contribution >= 4 is 39.2 Å². The van der Waals surface area contributed by atoms with Crippen LogP contribution in [0.1, 0.15) is 5.56 Å². The molecule has 0 atom stereocenters. The average Bonchev–Trinajstić information content (AvgIpc) is 2.63. The van der Waals surface area contributed by atoms with Crippen molar-refractivity contribution in [2.45, 2.75) is 6.42 Å². The number of halogens is 2. The number of benzene rings is 2. The smallest absolute Gasteiger partial charge is 0.321 e. The maximum atomic E-state index is 12.4. The van der Waals surface area contributed by atoms with E-state index in [1.807, 2.05) is 17.0 Å². The summed E-state index contributed by atoms with van der Waals surface area (Å²) in [6.45, 7) is 4.28. The van der Waals surface area contributed by atoms with Gasteiger partial charge in [0, 0.05) is 37.2 Å². The van der Waals surface area contributed by atoms with Crippen LogP contribution >= 0.6 is 27.5 Å². The Labute approximate surface area is 161 Å². The molecule has 0 saturated carbocycles. The normalized spacial score (nSPS) is 15.2. The number of carbonyl (C=O) groups is 1. The lowest BCUT2D eigenvalue weighted by molar-refractivity contribution is 0.148. The Morgan fingerprint density at radius 1 is 1.08 bits per heavy atom. The second-order valence-electron chi connectivity index (χ2n) is 6.12. The molecule has 0 aromatic heterocycles. The molecule has 0 radical (unpaired) electrons. The summed E-state index contributed by atoms with van der Waals surface area (Å²) in [5.41, 5.74) is 1.99. The fourth-order valence-electron chi connectivity index (χ4n) is 2.89. The van der Waals surface area contributed by atoms with Crippen molar-refractivity contribution in [1.82, 2.24) is 9.80 Å². The van der Waals surface area contributed by atoms with Gasteiger partial charge in [-0.15, -0.1) is 0 Å². The van der Waals surface area contributed by atoms with Crippen molar-refractivity contribution in [2.75, 3.05) is 38.0 Å². The minimum Gasteiger partial charge on any atom is -0.322 e. The molecule has 6 heteroatoms. The van der Waals surface area contributed by atoms with E-state index in [9.17, 15) is 4.79 Å². The van der Waals surface area contributed by atoms with Crippen LogP contribution in [0.2, 0.25) is 5.02 Å². The van der Waals surface area contributed by atoms with E-state index < -0.39 is 0 Å². The zero-order valence-electron chi connectivity index (χ0n) is 13.9. The van der Waals surface area contributed by atoms with Crippen LogP contribution in [-0.4, -0.2) is 48.6 Å². The number of nitrogens with zero attached hydrogens (tertiary/aromatic N) is 2. The summed E-state index contributed by atoms with van der Waals surface area (Å²) in [7, 11) is 0.